The molecule has 0 spiro atoms. The number of fused-ring (bicyclic) bond motifs is 1. The van der Waals surface area contributed by atoms with Gasteiger partial charge in [0, 0.05) is 5.56 Å². The zero-order valence-corrected chi connectivity index (χ0v) is 9.58. The zero-order valence-electron chi connectivity index (χ0n) is 9.58. The number of aryl methyl sites for hydroxylation is 2. The minimum Gasteiger partial charge on any atom is -0.487 e. The van der Waals surface area contributed by atoms with Gasteiger partial charge in [-0.2, -0.15) is 0 Å². The number of hydrogen-bond acceptors (Lipinski definition) is 2. The molecule has 0 fully saturated rings. The highest BCUT2D eigenvalue weighted by Crippen LogP contribution is 2.42. The minimum atomic E-state index is -0.445. The van der Waals surface area contributed by atoms with Crippen LogP contribution < -0.4 is 4.74 Å². The minimum absolute atomic E-state index is 0.0511. The van der Waals surface area contributed by atoms with Crippen LogP contribution in [0.5, 0.6) is 5.75 Å². The smallest absolute Gasteiger partial charge is 0.129 e. The Hall–Kier alpha value is -1.02. The maximum absolute atomic E-state index is 10.2. The van der Waals surface area contributed by atoms with E-state index in [1.165, 1.54) is 0 Å². The van der Waals surface area contributed by atoms with Crippen molar-refractivity contribution in [3.63, 3.8) is 0 Å². The Labute approximate surface area is 90.9 Å². The molecule has 0 saturated heterocycles. The van der Waals surface area contributed by atoms with Crippen LogP contribution in [0.2, 0.25) is 0 Å². The van der Waals surface area contributed by atoms with Crippen molar-refractivity contribution >= 4 is 0 Å². The Morgan fingerprint density at radius 1 is 1.27 bits per heavy atom. The second-order valence-corrected chi connectivity index (χ2v) is 4.33. The van der Waals surface area contributed by atoms with Crippen molar-refractivity contribution in [2.24, 2.45) is 0 Å². The van der Waals surface area contributed by atoms with Gasteiger partial charge >= 0.3 is 0 Å². The Morgan fingerprint density at radius 3 is 2.53 bits per heavy atom. The van der Waals surface area contributed by atoms with Gasteiger partial charge in [0.05, 0.1) is 0 Å². The summed E-state index contributed by atoms with van der Waals surface area (Å²) in [5, 5.41) is 10.2. The molecule has 2 rings (SSSR count). The number of hydrogen-bond donors (Lipinski definition) is 1. The maximum atomic E-state index is 10.2. The number of aliphatic hydroxyl groups excluding tert-OH is 1. The second-order valence-electron chi connectivity index (χ2n) is 4.33. The molecule has 0 aliphatic carbocycles. The third-order valence-electron chi connectivity index (χ3n) is 3.10. The molecule has 0 saturated carbocycles. The summed E-state index contributed by atoms with van der Waals surface area (Å²) in [6.07, 6.45) is 1.45. The van der Waals surface area contributed by atoms with E-state index in [4.69, 9.17) is 4.74 Å². The van der Waals surface area contributed by atoms with Crippen LogP contribution in [0, 0.1) is 13.8 Å². The third-order valence-corrected chi connectivity index (χ3v) is 3.10. The highest BCUT2D eigenvalue weighted by Gasteiger charge is 2.34. The normalized spacial score (nSPS) is 23.7. The molecular formula is C13H18O2. The van der Waals surface area contributed by atoms with Crippen molar-refractivity contribution in [3.05, 3.63) is 28.8 Å². The van der Waals surface area contributed by atoms with E-state index in [1.54, 1.807) is 0 Å². The zero-order chi connectivity index (χ0) is 11.0. The molecule has 2 nitrogen and oxygen atoms in total. The summed E-state index contributed by atoms with van der Waals surface area (Å²) >= 11 is 0. The molecule has 82 valence electrons. The van der Waals surface area contributed by atoms with E-state index in [1.807, 2.05) is 13.8 Å². The van der Waals surface area contributed by atoms with E-state index >= 15 is 0 Å². The van der Waals surface area contributed by atoms with Crippen LogP contribution in [-0.4, -0.2) is 11.2 Å². The van der Waals surface area contributed by atoms with Crippen LogP contribution in [0.25, 0.3) is 0 Å². The molecule has 1 aromatic carbocycles. The molecule has 1 aliphatic rings. The predicted octanol–water partition coefficient (Wildman–Crippen LogP) is 2.90. The molecule has 2 unspecified atom stereocenters. The van der Waals surface area contributed by atoms with Gasteiger partial charge in [-0.15, -0.1) is 0 Å². The second kappa shape index (κ2) is 3.86. The SMILES string of the molecule is CCCC1Oc2c(C)ccc(C)c2C1O. The van der Waals surface area contributed by atoms with E-state index in [-0.39, 0.29) is 6.10 Å². The molecule has 1 heterocycles. The number of aliphatic hydroxyl groups is 1. The first-order chi connectivity index (χ1) is 7.15. The maximum Gasteiger partial charge on any atom is 0.129 e. The van der Waals surface area contributed by atoms with Crippen molar-refractivity contribution in [2.45, 2.75) is 45.8 Å². The lowest BCUT2D eigenvalue weighted by molar-refractivity contribution is 0.0612. The summed E-state index contributed by atoms with van der Waals surface area (Å²) in [7, 11) is 0. The molecule has 1 aromatic rings. The Kier molecular flexibility index (Phi) is 2.70. The van der Waals surface area contributed by atoms with Gasteiger partial charge in [-0.3, -0.25) is 0 Å². The molecule has 0 amide bonds. The third kappa shape index (κ3) is 1.63. The lowest BCUT2D eigenvalue weighted by Crippen LogP contribution is -2.18. The fraction of sp³-hybridized carbons (Fsp3) is 0.538. The molecule has 1 N–H and O–H groups in total. The number of rotatable bonds is 2. The topological polar surface area (TPSA) is 29.5 Å². The lowest BCUT2D eigenvalue weighted by atomic mass is 9.97. The fourth-order valence-electron chi connectivity index (χ4n) is 2.23. The summed E-state index contributed by atoms with van der Waals surface area (Å²) in [5.41, 5.74) is 3.24. The van der Waals surface area contributed by atoms with Crippen LogP contribution in [0.1, 0.15) is 42.6 Å². The fourth-order valence-corrected chi connectivity index (χ4v) is 2.23. The quantitative estimate of drug-likeness (QED) is 0.806. The van der Waals surface area contributed by atoms with Crippen molar-refractivity contribution < 1.29 is 9.84 Å². The first kappa shape index (κ1) is 10.5. The van der Waals surface area contributed by atoms with Gasteiger partial charge in [0.2, 0.25) is 0 Å². The number of benzene rings is 1. The van der Waals surface area contributed by atoms with Crippen LogP contribution in [0.4, 0.5) is 0 Å². The van der Waals surface area contributed by atoms with Gasteiger partial charge < -0.3 is 9.84 Å². The largest absolute Gasteiger partial charge is 0.487 e. The molecule has 2 heteroatoms. The first-order valence-electron chi connectivity index (χ1n) is 5.60. The van der Waals surface area contributed by atoms with Crippen molar-refractivity contribution in [2.75, 3.05) is 0 Å². The molecule has 0 aromatic heterocycles. The highest BCUT2D eigenvalue weighted by atomic mass is 16.5. The summed E-state index contributed by atoms with van der Waals surface area (Å²) < 4.78 is 5.82. The van der Waals surface area contributed by atoms with Crippen LogP contribution in [0.15, 0.2) is 12.1 Å². The summed E-state index contributed by atoms with van der Waals surface area (Å²) in [5.74, 6) is 0.904. The van der Waals surface area contributed by atoms with E-state index in [0.29, 0.717) is 0 Å². The molecular weight excluding hydrogens is 188 g/mol. The Morgan fingerprint density at radius 2 is 1.93 bits per heavy atom. The van der Waals surface area contributed by atoms with E-state index < -0.39 is 6.10 Å². The molecule has 2 atom stereocenters. The Bertz CT molecular complexity index is 371. The van der Waals surface area contributed by atoms with Crippen molar-refractivity contribution in [1.29, 1.82) is 0 Å². The molecule has 0 radical (unpaired) electrons. The van der Waals surface area contributed by atoms with Gasteiger partial charge in [0.1, 0.15) is 18.0 Å². The van der Waals surface area contributed by atoms with Crippen molar-refractivity contribution in [3.8, 4) is 5.75 Å². The van der Waals surface area contributed by atoms with Crippen molar-refractivity contribution in [1.82, 2.24) is 0 Å². The molecule has 15 heavy (non-hydrogen) atoms. The highest BCUT2D eigenvalue weighted by molar-refractivity contribution is 5.49. The predicted molar refractivity (Wildman–Crippen MR) is 60.2 cm³/mol. The van der Waals surface area contributed by atoms with Gasteiger partial charge in [-0.25, -0.2) is 0 Å². The molecule has 1 aliphatic heterocycles. The van der Waals surface area contributed by atoms with E-state index in [0.717, 1.165) is 35.3 Å². The average molecular weight is 206 g/mol. The monoisotopic (exact) mass is 206 g/mol. The van der Waals surface area contributed by atoms with Crippen LogP contribution >= 0.6 is 0 Å². The van der Waals surface area contributed by atoms with E-state index in [2.05, 4.69) is 19.1 Å². The van der Waals surface area contributed by atoms with Crippen LogP contribution in [0.3, 0.4) is 0 Å². The number of ether oxygens (including phenoxy) is 1. The van der Waals surface area contributed by atoms with Gasteiger partial charge in [0.15, 0.2) is 0 Å². The summed E-state index contributed by atoms with van der Waals surface area (Å²) in [6, 6.07) is 4.10. The summed E-state index contributed by atoms with van der Waals surface area (Å²) in [4.78, 5) is 0. The lowest BCUT2D eigenvalue weighted by Gasteiger charge is -2.13. The standard InChI is InChI=1S/C13H18O2/c1-4-5-10-12(14)11-8(2)6-7-9(3)13(11)15-10/h6-7,10,12,14H,4-5H2,1-3H3. The molecule has 0 bridgehead atoms. The van der Waals surface area contributed by atoms with E-state index in [9.17, 15) is 5.11 Å². The van der Waals surface area contributed by atoms with Gasteiger partial charge in [-0.1, -0.05) is 25.5 Å². The van der Waals surface area contributed by atoms with Gasteiger partial charge in [0.25, 0.3) is 0 Å². The Balaban J connectivity index is 2.40. The average Bonchev–Trinajstić information content (AvgIpc) is 2.53. The summed E-state index contributed by atoms with van der Waals surface area (Å²) in [6.45, 7) is 6.16. The first-order valence-corrected chi connectivity index (χ1v) is 5.60. The van der Waals surface area contributed by atoms with Crippen LogP contribution in [-0.2, 0) is 0 Å². The van der Waals surface area contributed by atoms with Gasteiger partial charge in [-0.05, 0) is 31.4 Å².